The molecule has 0 unspecified atom stereocenters. The predicted octanol–water partition coefficient (Wildman–Crippen LogP) is 5.19. The number of hydrogen-bond donors (Lipinski definition) is 1. The van der Waals surface area contributed by atoms with Crippen molar-refractivity contribution in [1.29, 1.82) is 0 Å². The van der Waals surface area contributed by atoms with Gasteiger partial charge in [-0.25, -0.2) is 8.42 Å². The van der Waals surface area contributed by atoms with Gasteiger partial charge in [-0.1, -0.05) is 73.2 Å². The number of aryl methyl sites for hydroxylation is 2. The lowest BCUT2D eigenvalue weighted by atomic mass is 10.1. The fourth-order valence-corrected chi connectivity index (χ4v) is 6.04. The third kappa shape index (κ3) is 7.11. The molecule has 0 fully saturated rings. The maximum atomic E-state index is 13.5. The van der Waals surface area contributed by atoms with E-state index in [9.17, 15) is 13.2 Å². The van der Waals surface area contributed by atoms with Crippen LogP contribution in [0.25, 0.3) is 0 Å². The Morgan fingerprint density at radius 1 is 0.971 bits per heavy atom. The predicted molar refractivity (Wildman–Crippen MR) is 142 cm³/mol. The molecule has 0 aromatic heterocycles. The topological polar surface area (TPSA) is 66.5 Å². The van der Waals surface area contributed by atoms with E-state index in [1.807, 2.05) is 30.8 Å². The van der Waals surface area contributed by atoms with Crippen molar-refractivity contribution in [2.24, 2.45) is 0 Å². The van der Waals surface area contributed by atoms with Crippen LogP contribution in [0.4, 0.5) is 5.69 Å². The normalized spacial score (nSPS) is 11.2. The minimum Gasteiger partial charge on any atom is -0.354 e. The summed E-state index contributed by atoms with van der Waals surface area (Å²) in [5.74, 6) is 1.54. The molecule has 0 radical (unpaired) electrons. The second-order valence-corrected chi connectivity index (χ2v) is 11.0. The van der Waals surface area contributed by atoms with Crippen molar-refractivity contribution in [2.45, 2.75) is 37.3 Å². The van der Waals surface area contributed by atoms with E-state index >= 15 is 0 Å². The zero-order valence-electron chi connectivity index (χ0n) is 19.7. The van der Waals surface area contributed by atoms with Gasteiger partial charge < -0.3 is 5.32 Å². The van der Waals surface area contributed by atoms with Crippen molar-refractivity contribution in [3.8, 4) is 0 Å². The fourth-order valence-electron chi connectivity index (χ4n) is 3.65. The largest absolute Gasteiger partial charge is 0.354 e. The van der Waals surface area contributed by atoms with Gasteiger partial charge in [0.1, 0.15) is 6.54 Å². The van der Waals surface area contributed by atoms with Crippen LogP contribution in [0.5, 0.6) is 0 Å². The van der Waals surface area contributed by atoms with Crippen LogP contribution < -0.4 is 9.62 Å². The minimum absolute atomic E-state index is 0.168. The third-order valence-corrected chi connectivity index (χ3v) is 8.29. The molecule has 34 heavy (non-hydrogen) atoms. The van der Waals surface area contributed by atoms with Crippen molar-refractivity contribution in [2.75, 3.05) is 23.1 Å². The summed E-state index contributed by atoms with van der Waals surface area (Å²) in [6.45, 7) is 4.31. The first kappa shape index (κ1) is 25.8. The van der Waals surface area contributed by atoms with Crippen LogP contribution in [-0.2, 0) is 27.0 Å². The molecule has 5 nitrogen and oxygen atoms in total. The van der Waals surface area contributed by atoms with Gasteiger partial charge in [-0.3, -0.25) is 9.10 Å². The number of nitrogens with one attached hydrogen (secondary N) is 1. The van der Waals surface area contributed by atoms with Gasteiger partial charge in [0.2, 0.25) is 5.91 Å². The minimum atomic E-state index is -3.89. The van der Waals surface area contributed by atoms with Gasteiger partial charge in [-0.15, -0.1) is 0 Å². The number of hydrogen-bond acceptors (Lipinski definition) is 4. The van der Waals surface area contributed by atoms with Crippen molar-refractivity contribution in [3.63, 3.8) is 0 Å². The highest BCUT2D eigenvalue weighted by Gasteiger charge is 2.28. The maximum absolute atomic E-state index is 13.5. The molecule has 0 bridgehead atoms. The summed E-state index contributed by atoms with van der Waals surface area (Å²) in [4.78, 5) is 12.9. The van der Waals surface area contributed by atoms with Crippen LogP contribution >= 0.6 is 11.8 Å². The number of carbonyl (C=O) groups excluding carboxylic acids is 1. The van der Waals surface area contributed by atoms with Gasteiger partial charge >= 0.3 is 0 Å². The molecule has 0 aliphatic heterocycles. The molecule has 0 saturated carbocycles. The summed E-state index contributed by atoms with van der Waals surface area (Å²) in [5.41, 5.74) is 3.97. The number of amides is 1. The first-order valence-corrected chi connectivity index (χ1v) is 14.1. The molecule has 0 atom stereocenters. The first-order valence-electron chi connectivity index (χ1n) is 11.5. The number of sulfonamides is 1. The Kier molecular flexibility index (Phi) is 9.60. The average Bonchev–Trinajstić information content (AvgIpc) is 2.85. The molecule has 0 heterocycles. The van der Waals surface area contributed by atoms with Gasteiger partial charge in [0, 0.05) is 12.3 Å². The molecule has 1 amide bonds. The SMILES string of the molecule is CCc1ccccc1N(CC(=O)NCCCSCc1cccc(C)c1)S(=O)(=O)c1ccccc1. The monoisotopic (exact) mass is 496 g/mol. The van der Waals surface area contributed by atoms with Crippen LogP contribution in [0.3, 0.4) is 0 Å². The lowest BCUT2D eigenvalue weighted by Crippen LogP contribution is -2.41. The van der Waals surface area contributed by atoms with E-state index in [1.54, 1.807) is 42.5 Å². The number of anilines is 1. The number of nitrogens with zero attached hydrogens (tertiary/aromatic N) is 1. The number of carbonyl (C=O) groups is 1. The number of benzene rings is 3. The van der Waals surface area contributed by atoms with Crippen LogP contribution in [0.15, 0.2) is 83.8 Å². The van der Waals surface area contributed by atoms with Crippen LogP contribution in [0.1, 0.15) is 30.0 Å². The highest BCUT2D eigenvalue weighted by Crippen LogP contribution is 2.27. The molecule has 0 saturated heterocycles. The van der Waals surface area contributed by atoms with E-state index in [0.717, 1.165) is 23.5 Å². The second-order valence-electron chi connectivity index (χ2n) is 8.05. The molecule has 0 aliphatic carbocycles. The zero-order valence-corrected chi connectivity index (χ0v) is 21.4. The van der Waals surface area contributed by atoms with Crippen molar-refractivity contribution in [1.82, 2.24) is 5.32 Å². The summed E-state index contributed by atoms with van der Waals surface area (Å²) in [6, 6.07) is 24.0. The summed E-state index contributed by atoms with van der Waals surface area (Å²) in [6.07, 6.45) is 1.48. The van der Waals surface area contributed by atoms with E-state index in [2.05, 4.69) is 36.5 Å². The number of thioether (sulfide) groups is 1. The Morgan fingerprint density at radius 2 is 1.71 bits per heavy atom. The average molecular weight is 497 g/mol. The van der Waals surface area contributed by atoms with E-state index in [0.29, 0.717) is 18.7 Å². The molecule has 3 aromatic rings. The Labute approximate surface area is 207 Å². The van der Waals surface area contributed by atoms with E-state index in [1.165, 1.54) is 15.4 Å². The second kappa shape index (κ2) is 12.6. The highest BCUT2D eigenvalue weighted by atomic mass is 32.2. The molecule has 0 spiro atoms. The highest BCUT2D eigenvalue weighted by molar-refractivity contribution is 7.98. The van der Waals surface area contributed by atoms with Crippen molar-refractivity contribution >= 4 is 33.4 Å². The molecule has 0 aliphatic rings. The number of rotatable bonds is 12. The third-order valence-electron chi connectivity index (χ3n) is 5.40. The van der Waals surface area contributed by atoms with E-state index in [-0.39, 0.29) is 17.3 Å². The number of para-hydroxylation sites is 1. The summed E-state index contributed by atoms with van der Waals surface area (Å²) < 4.78 is 28.1. The Balaban J connectivity index is 1.60. The fraction of sp³-hybridized carbons (Fsp3) is 0.296. The molecule has 1 N–H and O–H groups in total. The molecular weight excluding hydrogens is 464 g/mol. The summed E-state index contributed by atoms with van der Waals surface area (Å²) >= 11 is 1.83. The summed E-state index contributed by atoms with van der Waals surface area (Å²) in [7, 11) is -3.89. The maximum Gasteiger partial charge on any atom is 0.264 e. The first-order chi connectivity index (χ1) is 16.4. The molecular formula is C27H32N2O3S2. The Hall–Kier alpha value is -2.77. The van der Waals surface area contributed by atoms with E-state index < -0.39 is 10.0 Å². The molecule has 3 rings (SSSR count). The molecule has 3 aromatic carbocycles. The van der Waals surface area contributed by atoms with E-state index in [4.69, 9.17) is 0 Å². The lowest BCUT2D eigenvalue weighted by molar-refractivity contribution is -0.119. The van der Waals surface area contributed by atoms with Gasteiger partial charge in [0.15, 0.2) is 0 Å². The van der Waals surface area contributed by atoms with Gasteiger partial charge in [-0.2, -0.15) is 11.8 Å². The van der Waals surface area contributed by atoms with Crippen LogP contribution in [0, 0.1) is 6.92 Å². The van der Waals surface area contributed by atoms with Crippen molar-refractivity contribution < 1.29 is 13.2 Å². The lowest BCUT2D eigenvalue weighted by Gasteiger charge is -2.26. The molecule has 180 valence electrons. The quantitative estimate of drug-likeness (QED) is 0.350. The van der Waals surface area contributed by atoms with Crippen molar-refractivity contribution in [3.05, 3.63) is 95.6 Å². The molecule has 7 heteroatoms. The summed E-state index contributed by atoms with van der Waals surface area (Å²) in [5, 5.41) is 2.89. The Bertz CT molecular complexity index is 1180. The van der Waals surface area contributed by atoms with Gasteiger partial charge in [0.25, 0.3) is 10.0 Å². The standard InChI is InChI=1S/C27H32N2O3S2/c1-3-24-13-7-8-16-26(24)29(34(31,32)25-14-5-4-6-15-25)20-27(30)28-17-10-18-33-21-23-12-9-11-22(2)19-23/h4-9,11-16,19H,3,10,17-18,20-21H2,1-2H3,(H,28,30). The van der Waals surface area contributed by atoms with Gasteiger partial charge in [-0.05, 0) is 54.8 Å². The van der Waals surface area contributed by atoms with Crippen LogP contribution in [0.2, 0.25) is 0 Å². The smallest absolute Gasteiger partial charge is 0.264 e. The Morgan fingerprint density at radius 3 is 2.44 bits per heavy atom. The zero-order chi connectivity index (χ0) is 24.4. The van der Waals surface area contributed by atoms with Crippen LogP contribution in [-0.4, -0.2) is 33.2 Å². The van der Waals surface area contributed by atoms with Gasteiger partial charge in [0.05, 0.1) is 10.6 Å².